The van der Waals surface area contributed by atoms with E-state index in [1.54, 1.807) is 17.5 Å². The molecule has 1 saturated carbocycles. The van der Waals surface area contributed by atoms with E-state index >= 15 is 0 Å². The summed E-state index contributed by atoms with van der Waals surface area (Å²) in [7, 11) is 0. The van der Waals surface area contributed by atoms with Crippen molar-refractivity contribution in [3.63, 3.8) is 0 Å². The predicted octanol–water partition coefficient (Wildman–Crippen LogP) is 3.29. The van der Waals surface area contributed by atoms with E-state index in [4.69, 9.17) is 19.4 Å². The average Bonchev–Trinajstić information content (AvgIpc) is 3.29. The highest BCUT2D eigenvalue weighted by Crippen LogP contribution is 2.33. The lowest BCUT2D eigenvalue weighted by molar-refractivity contribution is -0.192. The maximum Gasteiger partial charge on any atom is 0.490 e. The van der Waals surface area contributed by atoms with Gasteiger partial charge >= 0.3 is 12.1 Å². The van der Waals surface area contributed by atoms with Crippen LogP contribution in [-0.2, 0) is 16.1 Å². The molecule has 0 radical (unpaired) electrons. The van der Waals surface area contributed by atoms with Crippen LogP contribution in [0.2, 0.25) is 0 Å². The van der Waals surface area contributed by atoms with Gasteiger partial charge in [0.1, 0.15) is 12.2 Å². The van der Waals surface area contributed by atoms with Crippen LogP contribution in [0.15, 0.2) is 29.8 Å². The Labute approximate surface area is 175 Å². The van der Waals surface area contributed by atoms with Crippen molar-refractivity contribution < 1.29 is 32.5 Å². The van der Waals surface area contributed by atoms with Gasteiger partial charge in [0, 0.05) is 36.8 Å². The number of morpholine rings is 1. The molecule has 0 amide bonds. The number of aromatic nitrogens is 2. The molecule has 11 heteroatoms. The number of thiazole rings is 1. The van der Waals surface area contributed by atoms with Crippen LogP contribution >= 0.6 is 11.3 Å². The van der Waals surface area contributed by atoms with Crippen molar-refractivity contribution in [3.8, 4) is 5.88 Å². The molecule has 1 N–H and O–H groups in total. The Hall–Kier alpha value is -2.24. The Morgan fingerprint density at radius 2 is 2.17 bits per heavy atom. The van der Waals surface area contributed by atoms with Crippen LogP contribution in [0.1, 0.15) is 23.5 Å². The molecular formula is C19H22F3N3O4S. The van der Waals surface area contributed by atoms with Gasteiger partial charge in [-0.25, -0.2) is 14.8 Å². The summed E-state index contributed by atoms with van der Waals surface area (Å²) >= 11 is 1.72. The number of rotatable bonds is 4. The van der Waals surface area contributed by atoms with E-state index in [2.05, 4.69) is 27.2 Å². The summed E-state index contributed by atoms with van der Waals surface area (Å²) < 4.78 is 43.9. The van der Waals surface area contributed by atoms with E-state index in [0.29, 0.717) is 11.9 Å². The minimum Gasteiger partial charge on any atom is -0.475 e. The Bertz CT molecular complexity index is 834. The van der Waals surface area contributed by atoms with Crippen LogP contribution in [0.5, 0.6) is 5.88 Å². The predicted molar refractivity (Wildman–Crippen MR) is 102 cm³/mol. The molecule has 1 aliphatic heterocycles. The van der Waals surface area contributed by atoms with Gasteiger partial charge in [-0.15, -0.1) is 11.3 Å². The molecule has 2 aliphatic rings. The zero-order valence-corrected chi connectivity index (χ0v) is 17.0. The third-order valence-corrected chi connectivity index (χ3v) is 5.66. The Balaban J connectivity index is 0.000000318. The van der Waals surface area contributed by atoms with Crippen molar-refractivity contribution in [2.75, 3.05) is 13.2 Å². The molecule has 0 bridgehead atoms. The number of carbonyl (C=O) groups is 1. The molecule has 30 heavy (non-hydrogen) atoms. The fourth-order valence-corrected chi connectivity index (χ4v) is 4.18. The summed E-state index contributed by atoms with van der Waals surface area (Å²) in [5, 5.41) is 10.4. The van der Waals surface area contributed by atoms with Gasteiger partial charge in [-0.1, -0.05) is 6.07 Å². The van der Waals surface area contributed by atoms with Gasteiger partial charge in [-0.2, -0.15) is 13.2 Å². The molecule has 0 unspecified atom stereocenters. The Morgan fingerprint density at radius 3 is 2.77 bits per heavy atom. The number of carboxylic acids is 1. The van der Waals surface area contributed by atoms with Crippen molar-refractivity contribution in [2.45, 2.75) is 50.7 Å². The van der Waals surface area contributed by atoms with Crippen LogP contribution in [0.25, 0.3) is 0 Å². The van der Waals surface area contributed by atoms with Crippen LogP contribution in [0, 0.1) is 6.92 Å². The summed E-state index contributed by atoms with van der Waals surface area (Å²) in [6.07, 6.45) is -0.982. The lowest BCUT2D eigenvalue weighted by Gasteiger charge is -2.38. The number of nitrogens with zero attached hydrogens (tertiary/aromatic N) is 3. The number of hydrogen-bond acceptors (Lipinski definition) is 7. The first-order valence-corrected chi connectivity index (χ1v) is 10.3. The molecule has 4 rings (SSSR count). The second-order valence-electron chi connectivity index (χ2n) is 6.94. The molecule has 0 aromatic carbocycles. The number of alkyl halides is 3. The second kappa shape index (κ2) is 9.71. The van der Waals surface area contributed by atoms with E-state index in [1.165, 1.54) is 5.69 Å². The summed E-state index contributed by atoms with van der Waals surface area (Å²) in [6, 6.07) is 6.18. The molecule has 3 atom stereocenters. The first-order valence-electron chi connectivity index (χ1n) is 9.38. The molecule has 7 nitrogen and oxygen atoms in total. The summed E-state index contributed by atoms with van der Waals surface area (Å²) in [6.45, 7) is 4.69. The summed E-state index contributed by atoms with van der Waals surface area (Å²) in [5.41, 5.74) is 1.17. The minimum absolute atomic E-state index is 0.0925. The number of hydrogen-bond donors (Lipinski definition) is 1. The van der Waals surface area contributed by atoms with E-state index in [0.717, 1.165) is 37.5 Å². The number of pyridine rings is 1. The molecule has 164 valence electrons. The first kappa shape index (κ1) is 22.4. The minimum atomic E-state index is -5.08. The molecule has 1 saturated heterocycles. The number of aliphatic carboxylic acids is 1. The molecule has 1 aliphatic carbocycles. The molecular weight excluding hydrogens is 423 g/mol. The van der Waals surface area contributed by atoms with Gasteiger partial charge in [-0.05, 0) is 25.8 Å². The van der Waals surface area contributed by atoms with Gasteiger partial charge < -0.3 is 14.6 Å². The number of halogens is 3. The van der Waals surface area contributed by atoms with Gasteiger partial charge in [0.2, 0.25) is 5.88 Å². The normalized spacial score (nSPS) is 23.9. The van der Waals surface area contributed by atoms with Gasteiger partial charge in [-0.3, -0.25) is 4.90 Å². The van der Waals surface area contributed by atoms with E-state index in [1.807, 2.05) is 18.2 Å². The van der Waals surface area contributed by atoms with Crippen molar-refractivity contribution in [2.24, 2.45) is 0 Å². The summed E-state index contributed by atoms with van der Waals surface area (Å²) in [5.74, 6) is -2.07. The van der Waals surface area contributed by atoms with Crippen LogP contribution in [0.4, 0.5) is 13.2 Å². The topological polar surface area (TPSA) is 84.8 Å². The highest BCUT2D eigenvalue weighted by molar-refractivity contribution is 7.09. The maximum absolute atomic E-state index is 10.6. The lowest BCUT2D eigenvalue weighted by Crippen LogP contribution is -2.51. The van der Waals surface area contributed by atoms with E-state index in [9.17, 15) is 13.2 Å². The Kier molecular flexibility index (Phi) is 7.27. The Morgan fingerprint density at radius 1 is 1.40 bits per heavy atom. The second-order valence-corrected chi connectivity index (χ2v) is 8.00. The van der Waals surface area contributed by atoms with E-state index in [-0.39, 0.29) is 12.2 Å². The molecule has 2 aromatic heterocycles. The fourth-order valence-electron chi connectivity index (χ4n) is 3.58. The highest BCUT2D eigenvalue weighted by Gasteiger charge is 2.44. The van der Waals surface area contributed by atoms with Crippen molar-refractivity contribution in [1.29, 1.82) is 0 Å². The SMILES string of the molecule is Cc1nc(CN2CCO[C@H]3[C@@H](Oc4ccccn4)CC[C@@H]32)cs1.O=C(O)C(F)(F)F. The average molecular weight is 445 g/mol. The van der Waals surface area contributed by atoms with Crippen LogP contribution < -0.4 is 4.74 Å². The molecule has 3 heterocycles. The molecule has 2 aromatic rings. The smallest absolute Gasteiger partial charge is 0.475 e. The monoisotopic (exact) mass is 445 g/mol. The molecule has 0 spiro atoms. The molecule has 2 fully saturated rings. The standard InChI is InChI=1S/C17H21N3O2S.C2HF3O2/c1-12-19-13(11-23-12)10-20-8-9-21-17-14(20)5-6-15(17)22-16-4-2-3-7-18-16;3-2(4,5)1(6)7/h2-4,7,11,14-15,17H,5-6,8-10H2,1H3;(H,6,7)/t14-,15-,17+;/m0./s1. The number of aryl methyl sites for hydroxylation is 1. The number of ether oxygens (including phenoxy) is 2. The van der Waals surface area contributed by atoms with Gasteiger partial charge in [0.25, 0.3) is 0 Å². The van der Waals surface area contributed by atoms with Gasteiger partial charge in [0.05, 0.1) is 17.3 Å². The van der Waals surface area contributed by atoms with Crippen LogP contribution in [0.3, 0.4) is 0 Å². The summed E-state index contributed by atoms with van der Waals surface area (Å²) in [4.78, 5) is 20.3. The lowest BCUT2D eigenvalue weighted by atomic mass is 10.1. The van der Waals surface area contributed by atoms with Crippen molar-refractivity contribution in [1.82, 2.24) is 14.9 Å². The maximum atomic E-state index is 10.6. The van der Waals surface area contributed by atoms with E-state index < -0.39 is 12.1 Å². The van der Waals surface area contributed by atoms with Crippen molar-refractivity contribution >= 4 is 17.3 Å². The number of carboxylic acid groups (broad SMARTS) is 1. The fraction of sp³-hybridized carbons (Fsp3) is 0.526. The quantitative estimate of drug-likeness (QED) is 0.773. The van der Waals surface area contributed by atoms with Crippen LogP contribution in [-0.4, -0.2) is 63.5 Å². The third-order valence-electron chi connectivity index (χ3n) is 4.83. The third kappa shape index (κ3) is 5.89. The first-order chi connectivity index (χ1) is 14.2. The number of fused-ring (bicyclic) bond motifs is 1. The van der Waals surface area contributed by atoms with Crippen molar-refractivity contribution in [3.05, 3.63) is 40.5 Å². The largest absolute Gasteiger partial charge is 0.490 e. The zero-order chi connectivity index (χ0) is 21.7. The highest BCUT2D eigenvalue weighted by atomic mass is 32.1. The van der Waals surface area contributed by atoms with Gasteiger partial charge in [0.15, 0.2) is 0 Å². The zero-order valence-electron chi connectivity index (χ0n) is 16.2.